The van der Waals surface area contributed by atoms with Crippen LogP contribution < -0.4 is 10.0 Å². The largest absolute Gasteiger partial charge is 0.377 e. The fraction of sp³-hybridized carbons (Fsp3) is 0.611. The molecule has 0 radical (unpaired) electrons. The molecule has 1 heterocycles. The third kappa shape index (κ3) is 5.26. The Hall–Kier alpha value is -1.44. The molecular weight excluding hydrogens is 340 g/mol. The van der Waals surface area contributed by atoms with Crippen LogP contribution in [0.3, 0.4) is 0 Å². The van der Waals surface area contributed by atoms with E-state index >= 15 is 0 Å². The number of nitrogens with one attached hydrogen (secondary N) is 2. The van der Waals surface area contributed by atoms with Crippen molar-refractivity contribution in [2.45, 2.75) is 55.9 Å². The van der Waals surface area contributed by atoms with E-state index in [4.69, 9.17) is 4.74 Å². The number of hydrogen-bond donors (Lipinski definition) is 2. The summed E-state index contributed by atoms with van der Waals surface area (Å²) in [5.41, 5.74) is 0.626. The Labute approximate surface area is 149 Å². The Morgan fingerprint density at radius 1 is 1.08 bits per heavy atom. The van der Waals surface area contributed by atoms with Gasteiger partial charge in [-0.3, -0.25) is 4.79 Å². The smallest absolute Gasteiger partial charge is 0.240 e. The summed E-state index contributed by atoms with van der Waals surface area (Å²) in [5, 5.41) is 2.85. The van der Waals surface area contributed by atoms with Crippen molar-refractivity contribution in [1.82, 2.24) is 4.72 Å². The van der Waals surface area contributed by atoms with E-state index in [1.807, 2.05) is 0 Å². The molecule has 0 aromatic heterocycles. The van der Waals surface area contributed by atoms with Crippen LogP contribution in [0.2, 0.25) is 0 Å². The van der Waals surface area contributed by atoms with Crippen LogP contribution in [-0.2, 0) is 19.6 Å². The minimum atomic E-state index is -3.55. The van der Waals surface area contributed by atoms with E-state index < -0.39 is 10.0 Å². The normalized spacial score (nSPS) is 21.5. The second kappa shape index (κ2) is 8.29. The molecule has 1 saturated carbocycles. The van der Waals surface area contributed by atoms with Crippen LogP contribution in [0, 0.1) is 5.92 Å². The third-order valence-electron chi connectivity index (χ3n) is 4.92. The van der Waals surface area contributed by atoms with E-state index in [0.717, 1.165) is 25.7 Å². The van der Waals surface area contributed by atoms with E-state index in [-0.39, 0.29) is 16.9 Å². The van der Waals surface area contributed by atoms with Gasteiger partial charge in [-0.1, -0.05) is 12.8 Å². The van der Waals surface area contributed by atoms with Gasteiger partial charge in [0, 0.05) is 25.3 Å². The number of amides is 1. The van der Waals surface area contributed by atoms with Crippen LogP contribution in [0.5, 0.6) is 0 Å². The van der Waals surface area contributed by atoms with Gasteiger partial charge >= 0.3 is 0 Å². The van der Waals surface area contributed by atoms with E-state index in [1.54, 1.807) is 12.1 Å². The summed E-state index contributed by atoms with van der Waals surface area (Å²) >= 11 is 0. The first-order valence-electron chi connectivity index (χ1n) is 9.04. The lowest BCUT2D eigenvalue weighted by atomic mass is 10.0. The quantitative estimate of drug-likeness (QED) is 0.777. The molecule has 2 N–H and O–H groups in total. The Morgan fingerprint density at radius 2 is 1.80 bits per heavy atom. The Balaban J connectivity index is 1.52. The molecule has 0 spiro atoms. The van der Waals surface area contributed by atoms with Crippen molar-refractivity contribution in [3.05, 3.63) is 24.3 Å². The van der Waals surface area contributed by atoms with Crippen molar-refractivity contribution in [1.29, 1.82) is 0 Å². The monoisotopic (exact) mass is 366 g/mol. The van der Waals surface area contributed by atoms with Crippen molar-refractivity contribution in [2.24, 2.45) is 5.92 Å². The van der Waals surface area contributed by atoms with E-state index in [0.29, 0.717) is 31.2 Å². The first-order chi connectivity index (χ1) is 12.0. The highest BCUT2D eigenvalue weighted by atomic mass is 32.2. The second-order valence-electron chi connectivity index (χ2n) is 6.91. The maximum Gasteiger partial charge on any atom is 0.240 e. The molecule has 1 aliphatic carbocycles. The van der Waals surface area contributed by atoms with Crippen LogP contribution in [0.15, 0.2) is 29.2 Å². The molecule has 1 amide bonds. The molecular formula is C18H26N2O4S. The average Bonchev–Trinajstić information content (AvgIpc) is 3.27. The Morgan fingerprint density at radius 3 is 2.44 bits per heavy atom. The molecule has 138 valence electrons. The maximum absolute atomic E-state index is 12.3. The summed E-state index contributed by atoms with van der Waals surface area (Å²) in [7, 11) is -3.55. The van der Waals surface area contributed by atoms with Gasteiger partial charge in [0.1, 0.15) is 0 Å². The van der Waals surface area contributed by atoms with Crippen LogP contribution in [0.25, 0.3) is 0 Å². The average molecular weight is 366 g/mol. The lowest BCUT2D eigenvalue weighted by Crippen LogP contribution is -2.31. The van der Waals surface area contributed by atoms with Crippen molar-refractivity contribution >= 4 is 21.6 Å². The lowest BCUT2D eigenvalue weighted by Gasteiger charge is -2.12. The number of carbonyl (C=O) groups excluding carboxylic acids is 1. The zero-order chi connectivity index (χ0) is 17.7. The highest BCUT2D eigenvalue weighted by Gasteiger charge is 2.21. The van der Waals surface area contributed by atoms with Gasteiger partial charge in [0.05, 0.1) is 11.0 Å². The molecule has 2 aliphatic rings. The van der Waals surface area contributed by atoms with Crippen LogP contribution in [0.1, 0.15) is 44.9 Å². The molecule has 2 fully saturated rings. The number of rotatable bonds is 7. The topological polar surface area (TPSA) is 84.5 Å². The van der Waals surface area contributed by atoms with Gasteiger partial charge in [0.2, 0.25) is 15.9 Å². The third-order valence-corrected chi connectivity index (χ3v) is 6.36. The molecule has 1 aliphatic heterocycles. The molecule has 0 bridgehead atoms. The molecule has 6 nitrogen and oxygen atoms in total. The van der Waals surface area contributed by atoms with Crippen molar-refractivity contribution in [3.63, 3.8) is 0 Å². The van der Waals surface area contributed by atoms with Crippen molar-refractivity contribution in [2.75, 3.05) is 18.5 Å². The number of carbonyl (C=O) groups is 1. The molecule has 1 saturated heterocycles. The van der Waals surface area contributed by atoms with Crippen LogP contribution in [0.4, 0.5) is 5.69 Å². The Bertz CT molecular complexity index is 676. The summed E-state index contributed by atoms with van der Waals surface area (Å²) < 4.78 is 32.6. The number of hydrogen-bond acceptors (Lipinski definition) is 4. The van der Waals surface area contributed by atoms with Gasteiger partial charge in [0.25, 0.3) is 0 Å². The van der Waals surface area contributed by atoms with E-state index in [1.165, 1.54) is 25.0 Å². The fourth-order valence-corrected chi connectivity index (χ4v) is 4.56. The van der Waals surface area contributed by atoms with E-state index in [9.17, 15) is 13.2 Å². The first kappa shape index (κ1) is 18.4. The van der Waals surface area contributed by atoms with Gasteiger partial charge < -0.3 is 10.1 Å². The minimum Gasteiger partial charge on any atom is -0.377 e. The number of benzene rings is 1. The van der Waals surface area contributed by atoms with Gasteiger partial charge in [-0.2, -0.15) is 0 Å². The molecule has 3 rings (SSSR count). The van der Waals surface area contributed by atoms with Gasteiger partial charge in [-0.05, 0) is 55.9 Å². The molecule has 1 unspecified atom stereocenters. The van der Waals surface area contributed by atoms with Gasteiger partial charge in [-0.15, -0.1) is 0 Å². The molecule has 1 aromatic carbocycles. The first-order valence-corrected chi connectivity index (χ1v) is 10.5. The summed E-state index contributed by atoms with van der Waals surface area (Å²) in [6.45, 7) is 0.990. The van der Waals surface area contributed by atoms with Crippen molar-refractivity contribution in [3.8, 4) is 0 Å². The standard InChI is InChI=1S/C18H26N2O4S/c21-18(12-14-4-1-2-5-14)20-15-7-9-17(10-8-15)25(22,23)19-13-16-6-3-11-24-16/h7-10,14,16,19H,1-6,11-13H2,(H,20,21). The van der Waals surface area contributed by atoms with Gasteiger partial charge in [0.15, 0.2) is 0 Å². The van der Waals surface area contributed by atoms with Crippen LogP contribution in [-0.4, -0.2) is 33.6 Å². The lowest BCUT2D eigenvalue weighted by molar-refractivity contribution is -0.117. The minimum absolute atomic E-state index is 0.000913. The molecule has 7 heteroatoms. The summed E-state index contributed by atoms with van der Waals surface area (Å²) in [6, 6.07) is 6.30. The molecule has 25 heavy (non-hydrogen) atoms. The van der Waals surface area contributed by atoms with Crippen molar-refractivity contribution < 1.29 is 17.9 Å². The van der Waals surface area contributed by atoms with Gasteiger partial charge in [-0.25, -0.2) is 13.1 Å². The fourth-order valence-electron chi connectivity index (χ4n) is 3.50. The predicted octanol–water partition coefficient (Wildman–Crippen LogP) is 2.66. The predicted molar refractivity (Wildman–Crippen MR) is 95.8 cm³/mol. The summed E-state index contributed by atoms with van der Waals surface area (Å²) in [6.07, 6.45) is 7.04. The highest BCUT2D eigenvalue weighted by molar-refractivity contribution is 7.89. The zero-order valence-corrected chi connectivity index (χ0v) is 15.2. The second-order valence-corrected chi connectivity index (χ2v) is 8.68. The number of sulfonamides is 1. The van der Waals surface area contributed by atoms with E-state index in [2.05, 4.69) is 10.0 Å². The summed E-state index contributed by atoms with van der Waals surface area (Å²) in [5.74, 6) is 0.487. The highest BCUT2D eigenvalue weighted by Crippen LogP contribution is 2.27. The molecule has 1 atom stereocenters. The number of anilines is 1. The maximum atomic E-state index is 12.3. The molecule has 1 aromatic rings. The Kier molecular flexibility index (Phi) is 6.09. The number of ether oxygens (including phenoxy) is 1. The zero-order valence-electron chi connectivity index (χ0n) is 14.4. The SMILES string of the molecule is O=C(CC1CCCC1)Nc1ccc(S(=O)(=O)NCC2CCCO2)cc1. The van der Waals surface area contributed by atoms with Crippen LogP contribution >= 0.6 is 0 Å². The summed E-state index contributed by atoms with van der Waals surface area (Å²) in [4.78, 5) is 12.2.